The van der Waals surface area contributed by atoms with E-state index in [9.17, 15) is 18.0 Å². The highest BCUT2D eigenvalue weighted by molar-refractivity contribution is 5.88. The molecule has 0 aromatic rings. The number of halogens is 3. The molecule has 0 radical (unpaired) electrons. The Labute approximate surface area is 91.1 Å². The van der Waals surface area contributed by atoms with E-state index < -0.39 is 24.8 Å². The summed E-state index contributed by atoms with van der Waals surface area (Å²) >= 11 is 0. The molecule has 0 rings (SSSR count). The molecule has 4 nitrogen and oxygen atoms in total. The lowest BCUT2D eigenvalue weighted by Crippen LogP contribution is -2.39. The summed E-state index contributed by atoms with van der Waals surface area (Å²) in [6, 6.07) is 0. The predicted octanol–water partition coefficient (Wildman–Crippen LogP) is 0.618. The van der Waals surface area contributed by atoms with E-state index in [1.54, 1.807) is 6.92 Å². The highest BCUT2D eigenvalue weighted by atomic mass is 19.4. The number of esters is 1. The van der Waals surface area contributed by atoms with Crippen molar-refractivity contribution in [1.29, 1.82) is 0 Å². The van der Waals surface area contributed by atoms with Crippen LogP contribution in [-0.2, 0) is 9.53 Å². The average Bonchev–Trinajstić information content (AvgIpc) is 2.16. The third-order valence-electron chi connectivity index (χ3n) is 1.62. The topological polar surface area (TPSA) is 58.6 Å². The van der Waals surface area contributed by atoms with Crippen LogP contribution in [0.5, 0.6) is 0 Å². The number of aliphatic hydroxyl groups excluding tert-OH is 1. The van der Waals surface area contributed by atoms with Crippen molar-refractivity contribution in [2.24, 2.45) is 0 Å². The van der Waals surface area contributed by atoms with Crippen LogP contribution in [0.3, 0.4) is 0 Å². The number of ether oxygens (including phenoxy) is 1. The molecular formula is C9H14F3NO3. The molecule has 0 aromatic carbocycles. The van der Waals surface area contributed by atoms with Crippen molar-refractivity contribution >= 4 is 5.97 Å². The average molecular weight is 241 g/mol. The van der Waals surface area contributed by atoms with E-state index in [4.69, 9.17) is 5.11 Å². The summed E-state index contributed by atoms with van der Waals surface area (Å²) in [6.07, 6.45) is -7.12. The maximum atomic E-state index is 11.8. The first-order valence-corrected chi connectivity index (χ1v) is 4.59. The fourth-order valence-electron chi connectivity index (χ4n) is 0.781. The standard InChI is InChI=1S/C9H14F3NO3/c1-3-16-8(15)6(2)4-13-5-7(14)9(10,11)12/h7,13-14H,2-5H2,1H3. The van der Waals surface area contributed by atoms with Gasteiger partial charge in [0.15, 0.2) is 6.10 Å². The van der Waals surface area contributed by atoms with Gasteiger partial charge in [0.05, 0.1) is 6.61 Å². The lowest BCUT2D eigenvalue weighted by atomic mass is 10.3. The molecule has 0 saturated heterocycles. The van der Waals surface area contributed by atoms with Crippen molar-refractivity contribution in [3.05, 3.63) is 12.2 Å². The summed E-state index contributed by atoms with van der Waals surface area (Å²) in [5.41, 5.74) is 0.0104. The zero-order chi connectivity index (χ0) is 12.8. The third-order valence-corrected chi connectivity index (χ3v) is 1.62. The quantitative estimate of drug-likeness (QED) is 0.528. The molecule has 0 saturated carbocycles. The van der Waals surface area contributed by atoms with Gasteiger partial charge in [0.2, 0.25) is 0 Å². The Hall–Kier alpha value is -1.08. The first-order valence-electron chi connectivity index (χ1n) is 4.59. The molecular weight excluding hydrogens is 227 g/mol. The molecule has 1 unspecified atom stereocenters. The van der Waals surface area contributed by atoms with Crippen LogP contribution in [0.1, 0.15) is 6.92 Å². The van der Waals surface area contributed by atoms with E-state index in [-0.39, 0.29) is 18.7 Å². The maximum absolute atomic E-state index is 11.8. The van der Waals surface area contributed by atoms with Gasteiger partial charge in [-0.05, 0) is 6.92 Å². The number of hydrogen-bond donors (Lipinski definition) is 2. The van der Waals surface area contributed by atoms with Gasteiger partial charge in [0.25, 0.3) is 0 Å². The highest BCUT2D eigenvalue weighted by Gasteiger charge is 2.37. The summed E-state index contributed by atoms with van der Waals surface area (Å²) < 4.78 is 40.1. The summed E-state index contributed by atoms with van der Waals surface area (Å²) in [6.45, 7) is 4.25. The van der Waals surface area contributed by atoms with Crippen molar-refractivity contribution in [2.45, 2.75) is 19.2 Å². The molecule has 0 bridgehead atoms. The second-order valence-electron chi connectivity index (χ2n) is 3.01. The molecule has 0 heterocycles. The Kier molecular flexibility index (Phi) is 6.05. The Morgan fingerprint density at radius 3 is 2.56 bits per heavy atom. The van der Waals surface area contributed by atoms with Gasteiger partial charge in [-0.1, -0.05) is 6.58 Å². The van der Waals surface area contributed by atoms with Crippen molar-refractivity contribution in [3.63, 3.8) is 0 Å². The summed E-state index contributed by atoms with van der Waals surface area (Å²) in [5.74, 6) is -0.670. The van der Waals surface area contributed by atoms with Gasteiger partial charge in [-0.3, -0.25) is 0 Å². The molecule has 0 fully saturated rings. The minimum Gasteiger partial charge on any atom is -0.463 e. The van der Waals surface area contributed by atoms with E-state index in [1.165, 1.54) is 0 Å². The minimum atomic E-state index is -4.67. The molecule has 16 heavy (non-hydrogen) atoms. The zero-order valence-electron chi connectivity index (χ0n) is 8.80. The fraction of sp³-hybridized carbons (Fsp3) is 0.667. The van der Waals surface area contributed by atoms with Crippen LogP contribution < -0.4 is 5.32 Å². The van der Waals surface area contributed by atoms with Crippen molar-refractivity contribution in [1.82, 2.24) is 5.32 Å². The van der Waals surface area contributed by atoms with Crippen LogP contribution >= 0.6 is 0 Å². The van der Waals surface area contributed by atoms with Crippen LogP contribution in [0, 0.1) is 0 Å². The van der Waals surface area contributed by atoms with Gasteiger partial charge in [0.1, 0.15) is 0 Å². The predicted molar refractivity (Wildman–Crippen MR) is 50.7 cm³/mol. The summed E-state index contributed by atoms with van der Waals surface area (Å²) in [4.78, 5) is 11.0. The van der Waals surface area contributed by atoms with Crippen LogP contribution in [0.25, 0.3) is 0 Å². The SMILES string of the molecule is C=C(CNCC(O)C(F)(F)F)C(=O)OCC. The second kappa shape index (κ2) is 6.49. The minimum absolute atomic E-state index is 0.0104. The first-order chi connectivity index (χ1) is 7.29. The normalized spacial score (nSPS) is 13.3. The maximum Gasteiger partial charge on any atom is 0.415 e. The monoisotopic (exact) mass is 241 g/mol. The van der Waals surface area contributed by atoms with Crippen LogP contribution in [-0.4, -0.2) is 43.1 Å². The molecule has 0 aliphatic carbocycles. The zero-order valence-corrected chi connectivity index (χ0v) is 8.80. The Morgan fingerprint density at radius 1 is 1.56 bits per heavy atom. The molecule has 0 aromatic heterocycles. The highest BCUT2D eigenvalue weighted by Crippen LogP contribution is 2.19. The van der Waals surface area contributed by atoms with Gasteiger partial charge >= 0.3 is 12.1 Å². The largest absolute Gasteiger partial charge is 0.463 e. The Bertz CT molecular complexity index is 253. The van der Waals surface area contributed by atoms with Crippen LogP contribution in [0.2, 0.25) is 0 Å². The number of aliphatic hydroxyl groups is 1. The number of rotatable bonds is 6. The fourth-order valence-corrected chi connectivity index (χ4v) is 0.781. The lowest BCUT2D eigenvalue weighted by molar-refractivity contribution is -0.201. The molecule has 2 N–H and O–H groups in total. The molecule has 0 amide bonds. The van der Waals surface area contributed by atoms with Crippen LogP contribution in [0.15, 0.2) is 12.2 Å². The second-order valence-corrected chi connectivity index (χ2v) is 3.01. The molecule has 0 aliphatic heterocycles. The van der Waals surface area contributed by atoms with Crippen molar-refractivity contribution in [3.8, 4) is 0 Å². The number of alkyl halides is 3. The third kappa shape index (κ3) is 5.72. The molecule has 94 valence electrons. The summed E-state index contributed by atoms with van der Waals surface area (Å²) in [5, 5.41) is 10.9. The Morgan fingerprint density at radius 2 is 2.12 bits per heavy atom. The van der Waals surface area contributed by atoms with E-state index >= 15 is 0 Å². The van der Waals surface area contributed by atoms with Gasteiger partial charge in [-0.15, -0.1) is 0 Å². The van der Waals surface area contributed by atoms with Crippen molar-refractivity contribution < 1.29 is 27.8 Å². The van der Waals surface area contributed by atoms with E-state index in [0.29, 0.717) is 0 Å². The number of hydrogen-bond acceptors (Lipinski definition) is 4. The van der Waals surface area contributed by atoms with Crippen molar-refractivity contribution in [2.75, 3.05) is 19.7 Å². The van der Waals surface area contributed by atoms with Gasteiger partial charge in [0, 0.05) is 18.7 Å². The first kappa shape index (κ1) is 14.9. The van der Waals surface area contributed by atoms with E-state index in [1.807, 2.05) is 0 Å². The smallest absolute Gasteiger partial charge is 0.415 e. The number of carbonyl (C=O) groups is 1. The van der Waals surface area contributed by atoms with E-state index in [2.05, 4.69) is 16.6 Å². The van der Waals surface area contributed by atoms with E-state index in [0.717, 1.165) is 0 Å². The number of nitrogens with one attached hydrogen (secondary N) is 1. The number of carbonyl (C=O) groups excluding carboxylic acids is 1. The van der Waals surface area contributed by atoms with Crippen LogP contribution in [0.4, 0.5) is 13.2 Å². The summed E-state index contributed by atoms with van der Waals surface area (Å²) in [7, 11) is 0. The molecule has 7 heteroatoms. The molecule has 0 spiro atoms. The van der Waals surface area contributed by atoms with Gasteiger partial charge < -0.3 is 15.2 Å². The van der Waals surface area contributed by atoms with Gasteiger partial charge in [-0.2, -0.15) is 13.2 Å². The van der Waals surface area contributed by atoms with Gasteiger partial charge in [-0.25, -0.2) is 4.79 Å². The molecule has 1 atom stereocenters. The molecule has 0 aliphatic rings. The Balaban J connectivity index is 3.83. The lowest BCUT2D eigenvalue weighted by Gasteiger charge is -2.15.